The van der Waals surface area contributed by atoms with Crippen molar-refractivity contribution in [1.82, 2.24) is 30.2 Å². The van der Waals surface area contributed by atoms with E-state index in [0.717, 1.165) is 33.9 Å². The summed E-state index contributed by atoms with van der Waals surface area (Å²) >= 11 is 2.20. The van der Waals surface area contributed by atoms with Crippen LogP contribution in [0.15, 0.2) is 47.9 Å². The van der Waals surface area contributed by atoms with Crippen LogP contribution in [-0.2, 0) is 61.2 Å². The summed E-state index contributed by atoms with van der Waals surface area (Å²) in [5.41, 5.74) is 1.97. The number of Topliss-reactive ketones (excluding diaryl/α,β-unsaturated/α-hetero) is 1. The SMILES string of the molecule is CC(C)(COP(=O)([O-])OP(=O)([O-])OCC1OC(C)(n2cnc3c(N)ncnc32)C(O)C1OP(=O)([O-])[O-])C(O)C(=O)NCCC(=O)NCCSC(=O)CC(=O)CSc1ccccc1. The Bertz CT molecular complexity index is 2220. The third-order valence-electron chi connectivity index (χ3n) is 8.71. The first-order valence-electron chi connectivity index (χ1n) is 18.0. The Balaban J connectivity index is 1.19. The lowest BCUT2D eigenvalue weighted by Crippen LogP contribution is -2.46. The fourth-order valence-corrected chi connectivity index (χ4v) is 9.73. The molecule has 30 heteroatoms. The van der Waals surface area contributed by atoms with Crippen molar-refractivity contribution in [3.05, 3.63) is 43.0 Å². The first-order valence-corrected chi connectivity index (χ1v) is 24.4. The lowest BCUT2D eigenvalue weighted by Gasteiger charge is -2.36. The van der Waals surface area contributed by atoms with Crippen LogP contribution >= 0.6 is 47.0 Å². The molecule has 0 radical (unpaired) electrons. The second-order valence-corrected chi connectivity index (χ2v) is 20.3. The Morgan fingerprint density at radius 2 is 1.71 bits per heavy atom. The molecule has 0 saturated carbocycles. The Labute approximate surface area is 361 Å². The topological polar surface area (TPSA) is 392 Å². The summed E-state index contributed by atoms with van der Waals surface area (Å²) in [5.74, 6) is -1.57. The van der Waals surface area contributed by atoms with Crippen molar-refractivity contribution in [2.24, 2.45) is 5.41 Å². The number of anilines is 1. The molecule has 1 fully saturated rings. The van der Waals surface area contributed by atoms with Crippen LogP contribution in [0.2, 0.25) is 0 Å². The summed E-state index contributed by atoms with van der Waals surface area (Å²) in [7, 11) is -17.7. The van der Waals surface area contributed by atoms with Gasteiger partial charge < -0.3 is 69.0 Å². The zero-order valence-corrected chi connectivity index (χ0v) is 37.3. The number of phosphoric acid groups is 3. The quantitative estimate of drug-likeness (QED) is 0.0282. The number of aliphatic hydroxyl groups is 2. The van der Waals surface area contributed by atoms with Crippen LogP contribution in [-0.4, -0.2) is 115 Å². The van der Waals surface area contributed by atoms with Gasteiger partial charge in [-0.05, 0) is 19.1 Å². The molecule has 6 N–H and O–H groups in total. The van der Waals surface area contributed by atoms with Crippen LogP contribution < -0.4 is 35.9 Å². The molecule has 1 aliphatic rings. The number of aliphatic hydroxyl groups excluding tert-OH is 2. The third-order valence-corrected chi connectivity index (χ3v) is 13.7. The number of rotatable bonds is 24. The number of nitrogen functional groups attached to an aromatic ring is 1. The van der Waals surface area contributed by atoms with Crippen molar-refractivity contribution in [2.75, 3.05) is 43.5 Å². The molecule has 1 aromatic carbocycles. The predicted molar refractivity (Wildman–Crippen MR) is 210 cm³/mol. The van der Waals surface area contributed by atoms with Gasteiger partial charge in [0.15, 0.2) is 28.1 Å². The number of benzene rings is 1. The highest BCUT2D eigenvalue weighted by Gasteiger charge is 2.55. The molecule has 3 aromatic rings. The summed E-state index contributed by atoms with van der Waals surface area (Å²) in [5, 5.41) is 26.1. The summed E-state index contributed by atoms with van der Waals surface area (Å²) in [6.45, 7) is 1.02. The minimum Gasteiger partial charge on any atom is -0.790 e. The van der Waals surface area contributed by atoms with E-state index in [9.17, 15) is 62.7 Å². The van der Waals surface area contributed by atoms with Crippen molar-refractivity contribution < 1.29 is 85.3 Å². The molecule has 3 heterocycles. The van der Waals surface area contributed by atoms with E-state index in [0.29, 0.717) is 0 Å². The van der Waals surface area contributed by atoms with E-state index in [1.54, 1.807) is 0 Å². The largest absolute Gasteiger partial charge is 0.790 e. The second-order valence-electron chi connectivity index (χ2n) is 14.1. The number of nitrogens with one attached hydrogen (secondary N) is 2. The van der Waals surface area contributed by atoms with Crippen LogP contribution in [0.4, 0.5) is 5.82 Å². The van der Waals surface area contributed by atoms with E-state index in [-0.39, 0.29) is 65.3 Å². The van der Waals surface area contributed by atoms with Gasteiger partial charge in [-0.15, -0.1) is 11.8 Å². The molecule has 0 bridgehead atoms. The highest BCUT2D eigenvalue weighted by atomic mass is 32.2. The number of carbonyl (C=O) groups excluding carboxylic acids is 4. The Hall–Kier alpha value is -3.20. The number of ketones is 1. The van der Waals surface area contributed by atoms with Gasteiger partial charge in [0.25, 0.3) is 15.6 Å². The molecular weight excluding hydrogens is 927 g/mol. The zero-order chi connectivity index (χ0) is 46.1. The first kappa shape index (κ1) is 51.4. The Morgan fingerprint density at radius 3 is 2.39 bits per heavy atom. The first-order chi connectivity index (χ1) is 28.8. The maximum atomic E-state index is 12.6. The molecule has 62 heavy (non-hydrogen) atoms. The van der Waals surface area contributed by atoms with Crippen molar-refractivity contribution in [3.63, 3.8) is 0 Å². The minimum absolute atomic E-state index is 0.0276. The van der Waals surface area contributed by atoms with Crippen LogP contribution in [0, 0.1) is 5.41 Å². The summed E-state index contributed by atoms with van der Waals surface area (Å²) < 4.78 is 61.2. The molecule has 1 saturated heterocycles. The van der Waals surface area contributed by atoms with Crippen LogP contribution in [0.3, 0.4) is 0 Å². The Morgan fingerprint density at radius 1 is 1.03 bits per heavy atom. The number of nitrogens with two attached hydrogens (primary N) is 1. The number of imidazole rings is 1. The van der Waals surface area contributed by atoms with E-state index < -0.39 is 84.1 Å². The molecule has 25 nitrogen and oxygen atoms in total. The number of carbonyl (C=O) groups is 4. The van der Waals surface area contributed by atoms with Gasteiger partial charge in [-0.3, -0.25) is 32.9 Å². The predicted octanol–water partition coefficient (Wildman–Crippen LogP) is -1.94. The van der Waals surface area contributed by atoms with Crippen molar-refractivity contribution in [2.45, 2.75) is 68.6 Å². The fraction of sp³-hybridized carbons (Fsp3) is 0.531. The van der Waals surface area contributed by atoms with Gasteiger partial charge in [-0.2, -0.15) is 0 Å². The van der Waals surface area contributed by atoms with Gasteiger partial charge in [0.05, 0.1) is 39.5 Å². The third kappa shape index (κ3) is 14.9. The molecule has 4 rings (SSSR count). The van der Waals surface area contributed by atoms with Crippen molar-refractivity contribution in [3.8, 4) is 0 Å². The van der Waals surface area contributed by atoms with Crippen LogP contribution in [0.5, 0.6) is 0 Å². The molecule has 0 aliphatic carbocycles. The smallest absolute Gasteiger partial charge is 0.274 e. The number of ether oxygens (including phenoxy) is 1. The lowest BCUT2D eigenvalue weighted by atomic mass is 9.87. The number of hydrogen-bond acceptors (Lipinski definition) is 24. The number of aromatic nitrogens is 4. The molecule has 2 amide bonds. The van der Waals surface area contributed by atoms with Gasteiger partial charge in [0, 0.05) is 35.6 Å². The molecule has 7 atom stereocenters. The van der Waals surface area contributed by atoms with E-state index >= 15 is 0 Å². The average molecular weight is 970 g/mol. The second kappa shape index (κ2) is 21.7. The molecule has 0 spiro atoms. The number of nitrogens with zero attached hydrogens (tertiary/aromatic N) is 4. The number of amides is 2. The average Bonchev–Trinajstić information content (AvgIpc) is 3.73. The number of hydrogen-bond donors (Lipinski definition) is 5. The van der Waals surface area contributed by atoms with Crippen LogP contribution in [0.25, 0.3) is 11.2 Å². The summed E-state index contributed by atoms with van der Waals surface area (Å²) in [6.07, 6.45) is -6.48. The highest BCUT2D eigenvalue weighted by Crippen LogP contribution is 2.56. The van der Waals surface area contributed by atoms with Gasteiger partial charge in [0.1, 0.15) is 36.3 Å². The minimum atomic E-state index is -5.96. The molecule has 344 valence electrons. The van der Waals surface area contributed by atoms with Gasteiger partial charge in [-0.1, -0.05) is 43.8 Å². The Kier molecular flexibility index (Phi) is 18.0. The van der Waals surface area contributed by atoms with E-state index in [4.69, 9.17) is 10.5 Å². The monoisotopic (exact) mass is 969 g/mol. The number of fused-ring (bicyclic) bond motifs is 1. The number of phosphoric ester groups is 3. The van der Waals surface area contributed by atoms with E-state index in [1.807, 2.05) is 30.3 Å². The van der Waals surface area contributed by atoms with E-state index in [2.05, 4.69) is 43.5 Å². The maximum Gasteiger partial charge on any atom is 0.274 e. The van der Waals surface area contributed by atoms with Crippen molar-refractivity contribution >= 4 is 86.7 Å². The molecule has 1 aliphatic heterocycles. The van der Waals surface area contributed by atoms with Gasteiger partial charge >= 0.3 is 0 Å². The van der Waals surface area contributed by atoms with Crippen molar-refractivity contribution in [1.29, 1.82) is 0 Å². The van der Waals surface area contributed by atoms with Gasteiger partial charge in [-0.25, -0.2) is 19.3 Å². The molecule has 7 unspecified atom stereocenters. The fourth-order valence-electron chi connectivity index (χ4n) is 5.53. The summed E-state index contributed by atoms with van der Waals surface area (Å²) in [6, 6.07) is 9.21. The standard InChI is InChI=1S/C32H46N7O18P3S2/c1-31(2,27(44)30(45)35-10-9-22(41)34-11-12-61-23(42)13-19(40)15-62-20-7-5-4-6-8-20)16-54-60(51,52)57-59(49,50)53-14-21-25(56-58(46,47)48)26(43)32(3,55-21)39-18-38-24-28(33)36-17-37-29(24)39/h4-8,17-18,21,25-27,43-44H,9-16H2,1-3H3,(H,34,41)(H,35,45)(H,49,50)(H,51,52)(H2,33,36,37)(H2,46,47,48)/p-4. The number of thioether (sulfide) groups is 2. The lowest BCUT2D eigenvalue weighted by molar-refractivity contribution is -0.347. The summed E-state index contributed by atoms with van der Waals surface area (Å²) in [4.78, 5) is 110. The molecular formula is C32H42N7O18P3S2-4. The van der Waals surface area contributed by atoms with Gasteiger partial charge in [0.2, 0.25) is 11.8 Å². The molecule has 2 aromatic heterocycles. The van der Waals surface area contributed by atoms with E-state index in [1.165, 1.54) is 32.5 Å². The highest BCUT2D eigenvalue weighted by molar-refractivity contribution is 8.13. The van der Waals surface area contributed by atoms with Crippen LogP contribution in [0.1, 0.15) is 33.6 Å². The normalized spacial score (nSPS) is 21.8. The maximum absolute atomic E-state index is 12.6. The zero-order valence-electron chi connectivity index (χ0n) is 33.0.